The van der Waals surface area contributed by atoms with E-state index in [4.69, 9.17) is 23.7 Å². The Morgan fingerprint density at radius 2 is 1.83 bits per heavy atom. The number of hydrogen-bond donors (Lipinski definition) is 1. The smallest absolute Gasteiger partial charge is 0.421 e. The highest BCUT2D eigenvalue weighted by Crippen LogP contribution is 2.30. The van der Waals surface area contributed by atoms with Gasteiger partial charge in [-0.25, -0.2) is 8.98 Å². The van der Waals surface area contributed by atoms with Crippen LogP contribution in [-0.4, -0.2) is 80.2 Å². The average Bonchev–Trinajstić information content (AvgIpc) is 2.87. The van der Waals surface area contributed by atoms with Crippen molar-refractivity contribution in [3.8, 4) is 0 Å². The van der Waals surface area contributed by atoms with E-state index in [1.54, 1.807) is 6.92 Å². The van der Waals surface area contributed by atoms with Gasteiger partial charge in [0.2, 0.25) is 5.91 Å². The van der Waals surface area contributed by atoms with E-state index in [0.29, 0.717) is 11.5 Å². The van der Waals surface area contributed by atoms with Gasteiger partial charge in [0.15, 0.2) is 0 Å². The molecular weight excluding hydrogens is 426 g/mol. The molecule has 2 rings (SSSR count). The van der Waals surface area contributed by atoms with Crippen molar-refractivity contribution < 1.29 is 45.5 Å². The summed E-state index contributed by atoms with van der Waals surface area (Å²) in [7, 11) is -4.71. The molecule has 2 aliphatic rings. The fraction of sp³-hybridized carbons (Fsp3) is 0.750. The molecule has 2 saturated heterocycles. The number of carbonyl (C=O) groups is 4. The van der Waals surface area contributed by atoms with Crippen molar-refractivity contribution in [3.63, 3.8) is 0 Å². The highest BCUT2D eigenvalue weighted by molar-refractivity contribution is 7.81. The number of primary amides is 1. The van der Waals surface area contributed by atoms with Gasteiger partial charge in [-0.05, 0) is 12.8 Å². The standard InChI is InChI=1S/C16H25N3O10S/c1-9(7-26-10(2)20)14(28-11(3)21)8-27-30(24,25)29-19-12-4-5-13(15(17)22)18(6-12)16(19)23/h9,12-14H,4-8H2,1-3H3,(H2,17,22)/t9?,12-,13+,14?/m1/s1. The van der Waals surface area contributed by atoms with Crippen LogP contribution in [0, 0.1) is 5.92 Å². The molecule has 14 heteroatoms. The van der Waals surface area contributed by atoms with Crippen LogP contribution in [0.3, 0.4) is 0 Å². The molecule has 4 atom stereocenters. The first kappa shape index (κ1) is 23.8. The van der Waals surface area contributed by atoms with Gasteiger partial charge >= 0.3 is 28.4 Å². The van der Waals surface area contributed by atoms with Gasteiger partial charge in [-0.1, -0.05) is 6.92 Å². The topological polar surface area (TPSA) is 172 Å². The zero-order valence-electron chi connectivity index (χ0n) is 16.8. The number of nitrogens with zero attached hydrogens (tertiary/aromatic N) is 2. The fourth-order valence-electron chi connectivity index (χ4n) is 3.18. The molecule has 170 valence electrons. The van der Waals surface area contributed by atoms with Crippen molar-refractivity contribution in [2.45, 2.75) is 51.8 Å². The van der Waals surface area contributed by atoms with Gasteiger partial charge in [0.25, 0.3) is 0 Å². The molecule has 3 amide bonds. The lowest BCUT2D eigenvalue weighted by Crippen LogP contribution is -2.47. The number of hydrogen-bond acceptors (Lipinski definition) is 10. The van der Waals surface area contributed by atoms with Gasteiger partial charge in [-0.15, -0.1) is 4.28 Å². The third-order valence-corrected chi connectivity index (χ3v) is 5.47. The molecular formula is C16H25N3O10S. The highest BCUT2D eigenvalue weighted by atomic mass is 32.3. The number of amides is 3. The second kappa shape index (κ2) is 9.57. The maximum Gasteiger partial charge on any atom is 0.421 e. The number of rotatable bonds is 10. The quantitative estimate of drug-likeness (QED) is 0.409. The third kappa shape index (κ3) is 6.03. The molecule has 2 heterocycles. The van der Waals surface area contributed by atoms with E-state index >= 15 is 0 Å². The number of piperidine rings is 1. The largest absolute Gasteiger partial charge is 0.465 e. The predicted octanol–water partition coefficient (Wildman–Crippen LogP) is -0.936. The van der Waals surface area contributed by atoms with E-state index in [9.17, 15) is 27.6 Å². The molecule has 30 heavy (non-hydrogen) atoms. The Hall–Kier alpha value is -2.45. The summed E-state index contributed by atoms with van der Waals surface area (Å²) in [4.78, 5) is 47.2. The summed E-state index contributed by atoms with van der Waals surface area (Å²) in [6.07, 6.45) is -0.452. The number of hydroxylamine groups is 2. The van der Waals surface area contributed by atoms with Crippen molar-refractivity contribution in [2.75, 3.05) is 19.8 Å². The SMILES string of the molecule is CC(=O)OCC(C)C(COS(=O)(=O)ON1C(=O)N2C[C@H]1CC[C@H]2C(N)=O)OC(C)=O. The fourth-order valence-corrected chi connectivity index (χ4v) is 3.91. The summed E-state index contributed by atoms with van der Waals surface area (Å²) in [6.45, 7) is 3.24. The van der Waals surface area contributed by atoms with E-state index in [1.807, 2.05) is 0 Å². The highest BCUT2D eigenvalue weighted by Gasteiger charge is 2.49. The molecule has 0 aliphatic carbocycles. The maximum absolute atomic E-state index is 12.4. The molecule has 0 radical (unpaired) electrons. The normalized spacial score (nSPS) is 23.1. The molecule has 0 saturated carbocycles. The van der Waals surface area contributed by atoms with Crippen molar-refractivity contribution in [1.82, 2.24) is 9.96 Å². The van der Waals surface area contributed by atoms with E-state index < -0.39 is 65.0 Å². The van der Waals surface area contributed by atoms with Gasteiger partial charge < -0.3 is 20.1 Å². The van der Waals surface area contributed by atoms with Gasteiger partial charge in [-0.3, -0.25) is 14.4 Å². The van der Waals surface area contributed by atoms with Crippen LogP contribution in [0.4, 0.5) is 4.79 Å². The van der Waals surface area contributed by atoms with Crippen LogP contribution in [0.15, 0.2) is 0 Å². The lowest BCUT2D eigenvalue weighted by molar-refractivity contribution is -0.154. The second-order valence-corrected chi connectivity index (χ2v) is 8.31. The van der Waals surface area contributed by atoms with Crippen molar-refractivity contribution in [1.29, 1.82) is 0 Å². The molecule has 13 nitrogen and oxygen atoms in total. The van der Waals surface area contributed by atoms with Gasteiger partial charge in [0, 0.05) is 26.3 Å². The number of ether oxygens (including phenoxy) is 2. The van der Waals surface area contributed by atoms with Crippen LogP contribution in [0.25, 0.3) is 0 Å². The lowest BCUT2D eigenvalue weighted by Gasteiger charge is -2.27. The minimum Gasteiger partial charge on any atom is -0.465 e. The van der Waals surface area contributed by atoms with E-state index in [-0.39, 0.29) is 19.6 Å². The van der Waals surface area contributed by atoms with E-state index in [2.05, 4.69) is 0 Å². The van der Waals surface area contributed by atoms with Crippen molar-refractivity contribution >= 4 is 34.3 Å². The first-order valence-electron chi connectivity index (χ1n) is 9.20. The first-order valence-corrected chi connectivity index (χ1v) is 10.5. The summed E-state index contributed by atoms with van der Waals surface area (Å²) in [5, 5.41) is 0.640. The summed E-state index contributed by atoms with van der Waals surface area (Å²) < 4.78 is 43.9. The number of esters is 2. The Bertz CT molecular complexity index is 801. The molecule has 2 bridgehead atoms. The molecule has 2 unspecified atom stereocenters. The second-order valence-electron chi connectivity index (χ2n) is 7.11. The van der Waals surface area contributed by atoms with Gasteiger partial charge in [0.1, 0.15) is 18.8 Å². The van der Waals surface area contributed by atoms with Crippen LogP contribution in [0.2, 0.25) is 0 Å². The molecule has 2 fully saturated rings. The number of fused-ring (bicyclic) bond motifs is 2. The zero-order chi connectivity index (χ0) is 22.6. The Labute approximate surface area is 173 Å². The maximum atomic E-state index is 12.4. The summed E-state index contributed by atoms with van der Waals surface area (Å²) in [5.41, 5.74) is 5.27. The van der Waals surface area contributed by atoms with Gasteiger partial charge in [0.05, 0.1) is 12.6 Å². The van der Waals surface area contributed by atoms with E-state index in [1.165, 1.54) is 6.92 Å². The van der Waals surface area contributed by atoms with Crippen LogP contribution in [-0.2, 0) is 42.7 Å². The van der Waals surface area contributed by atoms with Crippen LogP contribution < -0.4 is 5.73 Å². The van der Waals surface area contributed by atoms with Crippen molar-refractivity contribution in [3.05, 3.63) is 0 Å². The number of nitrogens with two attached hydrogens (primary N) is 1. The molecule has 2 N–H and O–H groups in total. The van der Waals surface area contributed by atoms with Crippen molar-refractivity contribution in [2.24, 2.45) is 11.7 Å². The average molecular weight is 451 g/mol. The third-order valence-electron chi connectivity index (χ3n) is 4.70. The lowest BCUT2D eigenvalue weighted by atomic mass is 10.0. The molecule has 0 aromatic carbocycles. The molecule has 2 aliphatic heterocycles. The Kier molecular flexibility index (Phi) is 7.60. The summed E-state index contributed by atoms with van der Waals surface area (Å²) >= 11 is 0. The van der Waals surface area contributed by atoms with Crippen LogP contribution in [0.5, 0.6) is 0 Å². The van der Waals surface area contributed by atoms with Crippen LogP contribution >= 0.6 is 0 Å². The monoisotopic (exact) mass is 451 g/mol. The Morgan fingerprint density at radius 1 is 1.17 bits per heavy atom. The molecule has 0 aromatic heterocycles. The molecule has 0 aromatic rings. The predicted molar refractivity (Wildman–Crippen MR) is 97.3 cm³/mol. The number of urea groups is 1. The minimum absolute atomic E-state index is 0.0947. The zero-order valence-corrected chi connectivity index (χ0v) is 17.6. The first-order chi connectivity index (χ1) is 13.9. The summed E-state index contributed by atoms with van der Waals surface area (Å²) in [6, 6.07) is -2.23. The number of carbonyl (C=O) groups excluding carboxylic acids is 4. The van der Waals surface area contributed by atoms with Gasteiger partial charge in [-0.2, -0.15) is 13.5 Å². The Balaban J connectivity index is 1.99. The summed E-state index contributed by atoms with van der Waals surface area (Å²) in [5.74, 6) is -2.51. The van der Waals surface area contributed by atoms with Crippen LogP contribution in [0.1, 0.15) is 33.6 Å². The molecule has 0 spiro atoms. The minimum atomic E-state index is -4.71. The van der Waals surface area contributed by atoms with E-state index in [0.717, 1.165) is 11.8 Å². The Morgan fingerprint density at radius 3 is 2.40 bits per heavy atom.